The SMILES string of the molecule is CCC(CC)(CO)CNCC(O)c1ccc(Cl)cc1. The summed E-state index contributed by atoms with van der Waals surface area (Å²) in [6, 6.07) is 7.20. The number of hydrogen-bond donors (Lipinski definition) is 3. The van der Waals surface area contributed by atoms with Gasteiger partial charge in [0.2, 0.25) is 0 Å². The van der Waals surface area contributed by atoms with E-state index in [-0.39, 0.29) is 12.0 Å². The first-order valence-electron chi connectivity index (χ1n) is 6.82. The summed E-state index contributed by atoms with van der Waals surface area (Å²) in [6.07, 6.45) is 1.29. The van der Waals surface area contributed by atoms with E-state index in [1.165, 1.54) is 0 Å². The molecule has 1 rings (SSSR count). The van der Waals surface area contributed by atoms with Crippen molar-refractivity contribution in [1.29, 1.82) is 0 Å². The lowest BCUT2D eigenvalue weighted by atomic mass is 9.83. The van der Waals surface area contributed by atoms with Gasteiger partial charge >= 0.3 is 0 Å². The Morgan fingerprint density at radius 2 is 1.79 bits per heavy atom. The molecule has 0 fully saturated rings. The molecule has 1 aromatic carbocycles. The molecule has 3 N–H and O–H groups in total. The molecule has 0 aliphatic heterocycles. The minimum absolute atomic E-state index is 0.0836. The second-order valence-electron chi connectivity index (χ2n) is 5.06. The summed E-state index contributed by atoms with van der Waals surface area (Å²) in [5.74, 6) is 0. The second kappa shape index (κ2) is 7.85. The Morgan fingerprint density at radius 1 is 1.21 bits per heavy atom. The van der Waals surface area contributed by atoms with Crippen molar-refractivity contribution in [3.63, 3.8) is 0 Å². The molecule has 0 saturated carbocycles. The Bertz CT molecular complexity index is 355. The van der Waals surface area contributed by atoms with Crippen molar-refractivity contribution in [2.45, 2.75) is 32.8 Å². The molecule has 0 radical (unpaired) electrons. The molecule has 1 atom stereocenters. The lowest BCUT2D eigenvalue weighted by Crippen LogP contribution is -2.38. The molecular weight excluding hydrogens is 262 g/mol. The molecule has 0 aliphatic rings. The predicted octanol–water partition coefficient (Wildman–Crippen LogP) is 2.76. The molecule has 0 spiro atoms. The van der Waals surface area contributed by atoms with E-state index in [1.807, 2.05) is 12.1 Å². The highest BCUT2D eigenvalue weighted by Crippen LogP contribution is 2.24. The minimum Gasteiger partial charge on any atom is -0.396 e. The summed E-state index contributed by atoms with van der Waals surface area (Å²) < 4.78 is 0. The van der Waals surface area contributed by atoms with Crippen LogP contribution >= 0.6 is 11.6 Å². The van der Waals surface area contributed by atoms with E-state index in [4.69, 9.17) is 11.6 Å². The highest BCUT2D eigenvalue weighted by atomic mass is 35.5. The fraction of sp³-hybridized carbons (Fsp3) is 0.600. The number of hydrogen-bond acceptors (Lipinski definition) is 3. The molecule has 0 aromatic heterocycles. The fourth-order valence-corrected chi connectivity index (χ4v) is 2.18. The van der Waals surface area contributed by atoms with Crippen LogP contribution in [0, 0.1) is 5.41 Å². The fourth-order valence-electron chi connectivity index (χ4n) is 2.06. The Balaban J connectivity index is 2.46. The molecule has 4 heteroatoms. The van der Waals surface area contributed by atoms with Crippen LogP contribution in [-0.4, -0.2) is 29.9 Å². The number of nitrogens with one attached hydrogen (secondary N) is 1. The molecule has 3 nitrogen and oxygen atoms in total. The van der Waals surface area contributed by atoms with Crippen LogP contribution in [0.3, 0.4) is 0 Å². The van der Waals surface area contributed by atoms with Gasteiger partial charge in [-0.25, -0.2) is 0 Å². The topological polar surface area (TPSA) is 52.5 Å². The Hall–Kier alpha value is -0.610. The second-order valence-corrected chi connectivity index (χ2v) is 5.50. The van der Waals surface area contributed by atoms with Crippen LogP contribution in [0.25, 0.3) is 0 Å². The Kier molecular flexibility index (Phi) is 6.80. The Labute approximate surface area is 120 Å². The van der Waals surface area contributed by atoms with E-state index >= 15 is 0 Å². The zero-order valence-corrected chi connectivity index (χ0v) is 12.5. The number of aliphatic hydroxyl groups excluding tert-OH is 2. The largest absolute Gasteiger partial charge is 0.396 e. The lowest BCUT2D eigenvalue weighted by molar-refractivity contribution is 0.104. The smallest absolute Gasteiger partial charge is 0.0914 e. The van der Waals surface area contributed by atoms with Crippen LogP contribution in [0.2, 0.25) is 5.02 Å². The zero-order valence-electron chi connectivity index (χ0n) is 11.7. The van der Waals surface area contributed by atoms with Gasteiger partial charge in [-0.15, -0.1) is 0 Å². The van der Waals surface area contributed by atoms with Crippen molar-refractivity contribution >= 4 is 11.6 Å². The van der Waals surface area contributed by atoms with E-state index in [9.17, 15) is 10.2 Å². The van der Waals surface area contributed by atoms with E-state index < -0.39 is 6.10 Å². The third-order valence-electron chi connectivity index (χ3n) is 3.93. The lowest BCUT2D eigenvalue weighted by Gasteiger charge is -2.30. The van der Waals surface area contributed by atoms with Gasteiger partial charge in [0, 0.05) is 30.1 Å². The average Bonchev–Trinajstić information content (AvgIpc) is 2.45. The average molecular weight is 286 g/mol. The summed E-state index contributed by atoms with van der Waals surface area (Å²) in [5, 5.41) is 23.4. The zero-order chi connectivity index (χ0) is 14.3. The van der Waals surface area contributed by atoms with Crippen LogP contribution < -0.4 is 5.32 Å². The summed E-state index contributed by atoms with van der Waals surface area (Å²) >= 11 is 5.81. The Morgan fingerprint density at radius 3 is 2.26 bits per heavy atom. The van der Waals surface area contributed by atoms with Crippen molar-refractivity contribution in [3.05, 3.63) is 34.9 Å². The third-order valence-corrected chi connectivity index (χ3v) is 4.18. The molecule has 0 aliphatic carbocycles. The summed E-state index contributed by atoms with van der Waals surface area (Å²) in [4.78, 5) is 0. The van der Waals surface area contributed by atoms with Gasteiger partial charge in [-0.05, 0) is 30.5 Å². The quantitative estimate of drug-likeness (QED) is 0.688. The number of rotatable bonds is 8. The molecule has 1 aromatic rings. The van der Waals surface area contributed by atoms with Gasteiger partial charge in [0.15, 0.2) is 0 Å². The van der Waals surface area contributed by atoms with Crippen molar-refractivity contribution in [2.24, 2.45) is 5.41 Å². The van der Waals surface area contributed by atoms with Crippen LogP contribution in [0.5, 0.6) is 0 Å². The number of benzene rings is 1. The molecule has 108 valence electrons. The van der Waals surface area contributed by atoms with Crippen LogP contribution in [-0.2, 0) is 0 Å². The van der Waals surface area contributed by atoms with Gasteiger partial charge in [-0.3, -0.25) is 0 Å². The molecule has 0 saturated heterocycles. The summed E-state index contributed by atoms with van der Waals surface area (Å²) in [5.41, 5.74) is 0.763. The molecule has 0 bridgehead atoms. The van der Waals surface area contributed by atoms with E-state index in [0.29, 0.717) is 18.1 Å². The van der Waals surface area contributed by atoms with Crippen molar-refractivity contribution in [1.82, 2.24) is 5.32 Å². The normalized spacial score (nSPS) is 13.5. The van der Waals surface area contributed by atoms with Crippen molar-refractivity contribution in [3.8, 4) is 0 Å². The van der Waals surface area contributed by atoms with Crippen molar-refractivity contribution in [2.75, 3.05) is 19.7 Å². The highest BCUT2D eigenvalue weighted by molar-refractivity contribution is 6.30. The maximum Gasteiger partial charge on any atom is 0.0914 e. The van der Waals surface area contributed by atoms with Crippen LogP contribution in [0.15, 0.2) is 24.3 Å². The van der Waals surface area contributed by atoms with Gasteiger partial charge in [0.25, 0.3) is 0 Å². The highest BCUT2D eigenvalue weighted by Gasteiger charge is 2.24. The maximum absolute atomic E-state index is 10.1. The van der Waals surface area contributed by atoms with E-state index in [0.717, 1.165) is 18.4 Å². The van der Waals surface area contributed by atoms with Gasteiger partial charge in [-0.1, -0.05) is 37.6 Å². The minimum atomic E-state index is -0.553. The molecule has 1 unspecified atom stereocenters. The maximum atomic E-state index is 10.1. The van der Waals surface area contributed by atoms with Crippen molar-refractivity contribution < 1.29 is 10.2 Å². The molecule has 0 heterocycles. The first-order valence-corrected chi connectivity index (χ1v) is 7.20. The molecule has 19 heavy (non-hydrogen) atoms. The number of aliphatic hydroxyl groups is 2. The third kappa shape index (κ3) is 4.77. The summed E-state index contributed by atoms with van der Waals surface area (Å²) in [6.45, 7) is 5.52. The molecule has 0 amide bonds. The number of halogens is 1. The standard InChI is InChI=1S/C15H24ClNO2/c1-3-15(4-2,11-18)10-17-9-14(19)12-5-7-13(16)8-6-12/h5-8,14,17-19H,3-4,9-11H2,1-2H3. The van der Waals surface area contributed by atoms with Gasteiger partial charge in [0.1, 0.15) is 0 Å². The molecular formula is C15H24ClNO2. The van der Waals surface area contributed by atoms with E-state index in [1.54, 1.807) is 12.1 Å². The van der Waals surface area contributed by atoms with Gasteiger partial charge in [-0.2, -0.15) is 0 Å². The summed E-state index contributed by atoms with van der Waals surface area (Å²) in [7, 11) is 0. The van der Waals surface area contributed by atoms with E-state index in [2.05, 4.69) is 19.2 Å². The van der Waals surface area contributed by atoms with Gasteiger partial charge < -0.3 is 15.5 Å². The van der Waals surface area contributed by atoms with Crippen LogP contribution in [0.1, 0.15) is 38.4 Å². The first-order chi connectivity index (χ1) is 9.06. The first kappa shape index (κ1) is 16.4. The monoisotopic (exact) mass is 285 g/mol. The van der Waals surface area contributed by atoms with Crippen LogP contribution in [0.4, 0.5) is 0 Å². The van der Waals surface area contributed by atoms with Gasteiger partial charge in [0.05, 0.1) is 6.10 Å². The predicted molar refractivity (Wildman–Crippen MR) is 79.4 cm³/mol.